The maximum absolute atomic E-state index is 12.4. The lowest BCUT2D eigenvalue weighted by molar-refractivity contribution is -0.137. The van der Waals surface area contributed by atoms with Crippen molar-refractivity contribution < 1.29 is 18.0 Å². The van der Waals surface area contributed by atoms with Gasteiger partial charge in [0.2, 0.25) is 0 Å². The molecule has 0 radical (unpaired) electrons. The van der Waals surface area contributed by atoms with Crippen molar-refractivity contribution >= 4 is 5.91 Å². The molecule has 0 spiro atoms. The van der Waals surface area contributed by atoms with Crippen LogP contribution in [0.4, 0.5) is 13.2 Å². The minimum absolute atomic E-state index is 0.0447. The molecule has 1 amide bonds. The van der Waals surface area contributed by atoms with Gasteiger partial charge in [-0.25, -0.2) is 0 Å². The lowest BCUT2D eigenvalue weighted by Gasteiger charge is -2.19. The van der Waals surface area contributed by atoms with Crippen molar-refractivity contribution in [1.82, 2.24) is 9.88 Å². The number of rotatable bonds is 4. The van der Waals surface area contributed by atoms with Crippen molar-refractivity contribution in [2.75, 3.05) is 13.1 Å². The molecule has 19 heavy (non-hydrogen) atoms. The quantitative estimate of drug-likeness (QED) is 0.788. The average Bonchev–Trinajstić information content (AvgIpc) is 2.37. The van der Waals surface area contributed by atoms with E-state index in [2.05, 4.69) is 10.9 Å². The fourth-order valence-corrected chi connectivity index (χ4v) is 1.48. The van der Waals surface area contributed by atoms with Gasteiger partial charge in [0.15, 0.2) is 0 Å². The zero-order chi connectivity index (χ0) is 14.5. The molecule has 1 rings (SSSR count). The summed E-state index contributed by atoms with van der Waals surface area (Å²) in [7, 11) is 0. The number of hydrogen-bond acceptors (Lipinski definition) is 2. The lowest BCUT2D eigenvalue weighted by atomic mass is 10.2. The van der Waals surface area contributed by atoms with Crippen LogP contribution in [-0.2, 0) is 6.18 Å². The molecule has 0 saturated heterocycles. The number of carbonyl (C=O) groups excluding carboxylic acids is 1. The smallest absolute Gasteiger partial charge is 0.326 e. The van der Waals surface area contributed by atoms with E-state index < -0.39 is 17.6 Å². The van der Waals surface area contributed by atoms with Crippen molar-refractivity contribution in [3.05, 3.63) is 29.6 Å². The molecule has 0 aromatic carbocycles. The minimum atomic E-state index is -4.46. The van der Waals surface area contributed by atoms with E-state index in [1.54, 1.807) is 0 Å². The molecule has 0 aliphatic heterocycles. The van der Waals surface area contributed by atoms with Crippen LogP contribution in [0.25, 0.3) is 0 Å². The number of halogens is 3. The third-order valence-corrected chi connectivity index (χ3v) is 2.37. The second-order valence-corrected chi connectivity index (χ2v) is 3.86. The summed E-state index contributed by atoms with van der Waals surface area (Å²) in [5.41, 5.74) is -0.931. The molecule has 0 fully saturated rings. The fourth-order valence-electron chi connectivity index (χ4n) is 1.48. The highest BCUT2D eigenvalue weighted by molar-refractivity contribution is 5.92. The normalized spacial score (nSPS) is 10.9. The van der Waals surface area contributed by atoms with Crippen LogP contribution in [0, 0.1) is 12.3 Å². The maximum Gasteiger partial charge on any atom is 0.417 e. The summed E-state index contributed by atoms with van der Waals surface area (Å²) < 4.78 is 37.1. The Bertz CT molecular complexity index is 474. The standard InChI is InChI=1S/C13H13F3N2O/c1-3-7-18(8-4-2)12(19)11-6-5-10(9-17-11)13(14,15)16/h1,5-6,9H,4,7-8H2,2H3. The van der Waals surface area contributed by atoms with E-state index in [0.717, 1.165) is 12.1 Å². The summed E-state index contributed by atoms with van der Waals surface area (Å²) in [6, 6.07) is 1.89. The summed E-state index contributed by atoms with van der Waals surface area (Å²) in [6.07, 6.45) is 2.03. The van der Waals surface area contributed by atoms with Crippen molar-refractivity contribution in [1.29, 1.82) is 0 Å². The molecular weight excluding hydrogens is 257 g/mol. The first-order valence-electron chi connectivity index (χ1n) is 5.66. The Balaban J connectivity index is 2.91. The number of aromatic nitrogens is 1. The van der Waals surface area contributed by atoms with Crippen LogP contribution in [-0.4, -0.2) is 28.9 Å². The molecule has 1 aromatic rings. The van der Waals surface area contributed by atoms with Gasteiger partial charge >= 0.3 is 6.18 Å². The molecule has 0 aliphatic rings. The zero-order valence-electron chi connectivity index (χ0n) is 10.4. The van der Waals surface area contributed by atoms with Crippen LogP contribution in [0.3, 0.4) is 0 Å². The van der Waals surface area contributed by atoms with Crippen molar-refractivity contribution in [3.63, 3.8) is 0 Å². The Morgan fingerprint density at radius 2 is 2.16 bits per heavy atom. The van der Waals surface area contributed by atoms with Gasteiger partial charge in [0, 0.05) is 12.7 Å². The third-order valence-electron chi connectivity index (χ3n) is 2.37. The predicted molar refractivity (Wildman–Crippen MR) is 64.3 cm³/mol. The van der Waals surface area contributed by atoms with Gasteiger partial charge in [0.1, 0.15) is 5.69 Å². The van der Waals surface area contributed by atoms with E-state index in [1.165, 1.54) is 4.90 Å². The molecule has 0 saturated carbocycles. The molecule has 0 bridgehead atoms. The molecule has 102 valence electrons. The number of carbonyl (C=O) groups is 1. The van der Waals surface area contributed by atoms with Crippen molar-refractivity contribution in [2.24, 2.45) is 0 Å². The topological polar surface area (TPSA) is 33.2 Å². The van der Waals surface area contributed by atoms with E-state index in [-0.39, 0.29) is 12.2 Å². The number of hydrogen-bond donors (Lipinski definition) is 0. The summed E-state index contributed by atoms with van der Waals surface area (Å²) in [4.78, 5) is 16.9. The number of terminal acetylenes is 1. The molecule has 0 unspecified atom stereocenters. The first-order chi connectivity index (χ1) is 8.90. The van der Waals surface area contributed by atoms with Gasteiger partial charge in [0.25, 0.3) is 5.91 Å². The van der Waals surface area contributed by atoms with Crippen LogP contribution >= 0.6 is 0 Å². The van der Waals surface area contributed by atoms with Crippen LogP contribution in [0.5, 0.6) is 0 Å². The highest BCUT2D eigenvalue weighted by atomic mass is 19.4. The summed E-state index contributed by atoms with van der Waals surface area (Å²) in [5.74, 6) is 1.87. The van der Waals surface area contributed by atoms with Gasteiger partial charge in [-0.15, -0.1) is 6.42 Å². The van der Waals surface area contributed by atoms with Gasteiger partial charge in [-0.2, -0.15) is 13.2 Å². The second-order valence-electron chi connectivity index (χ2n) is 3.86. The highest BCUT2D eigenvalue weighted by Gasteiger charge is 2.31. The van der Waals surface area contributed by atoms with E-state index in [9.17, 15) is 18.0 Å². The Morgan fingerprint density at radius 1 is 1.47 bits per heavy atom. The molecule has 0 N–H and O–H groups in total. The first-order valence-corrected chi connectivity index (χ1v) is 5.66. The predicted octanol–water partition coefficient (Wildman–Crippen LogP) is 2.59. The fraction of sp³-hybridized carbons (Fsp3) is 0.385. The molecule has 0 atom stereocenters. The minimum Gasteiger partial charge on any atom is -0.326 e. The Hall–Kier alpha value is -2.03. The van der Waals surface area contributed by atoms with Crippen LogP contribution in [0.1, 0.15) is 29.4 Å². The second kappa shape index (κ2) is 6.23. The molecule has 3 nitrogen and oxygen atoms in total. The van der Waals surface area contributed by atoms with E-state index in [4.69, 9.17) is 6.42 Å². The van der Waals surface area contributed by atoms with Gasteiger partial charge in [0.05, 0.1) is 12.1 Å². The largest absolute Gasteiger partial charge is 0.417 e. The number of alkyl halides is 3. The van der Waals surface area contributed by atoms with Gasteiger partial charge in [-0.05, 0) is 18.6 Å². The highest BCUT2D eigenvalue weighted by Crippen LogP contribution is 2.28. The van der Waals surface area contributed by atoms with Gasteiger partial charge < -0.3 is 4.90 Å². The molecule has 1 aromatic heterocycles. The molecular formula is C13H13F3N2O. The van der Waals surface area contributed by atoms with Crippen LogP contribution in [0.15, 0.2) is 18.3 Å². The Morgan fingerprint density at radius 3 is 2.58 bits per heavy atom. The van der Waals surface area contributed by atoms with Crippen molar-refractivity contribution in [3.8, 4) is 12.3 Å². The maximum atomic E-state index is 12.4. The monoisotopic (exact) mass is 270 g/mol. The Labute approximate surface area is 109 Å². The molecule has 6 heteroatoms. The van der Waals surface area contributed by atoms with Gasteiger partial charge in [-0.3, -0.25) is 9.78 Å². The van der Waals surface area contributed by atoms with Crippen LogP contribution < -0.4 is 0 Å². The van der Waals surface area contributed by atoms with E-state index in [1.807, 2.05) is 6.92 Å². The van der Waals surface area contributed by atoms with Gasteiger partial charge in [-0.1, -0.05) is 12.8 Å². The van der Waals surface area contributed by atoms with Crippen LogP contribution in [0.2, 0.25) is 0 Å². The summed E-state index contributed by atoms with van der Waals surface area (Å²) in [5, 5.41) is 0. The molecule has 1 heterocycles. The first kappa shape index (κ1) is 15.0. The van der Waals surface area contributed by atoms with E-state index >= 15 is 0 Å². The number of amides is 1. The lowest BCUT2D eigenvalue weighted by Crippen LogP contribution is -2.32. The average molecular weight is 270 g/mol. The van der Waals surface area contributed by atoms with E-state index in [0.29, 0.717) is 19.2 Å². The molecule has 0 aliphatic carbocycles. The summed E-state index contributed by atoms with van der Waals surface area (Å²) in [6.45, 7) is 2.41. The SMILES string of the molecule is C#CCN(CCC)C(=O)c1ccc(C(F)(F)F)cn1. The summed E-state index contributed by atoms with van der Waals surface area (Å²) >= 11 is 0. The number of nitrogens with zero attached hydrogens (tertiary/aromatic N) is 2. The Kier molecular flexibility index (Phi) is 4.93. The zero-order valence-corrected chi connectivity index (χ0v) is 10.4. The number of pyridine rings is 1. The van der Waals surface area contributed by atoms with Crippen molar-refractivity contribution in [2.45, 2.75) is 19.5 Å². The third kappa shape index (κ3) is 3.98.